The summed E-state index contributed by atoms with van der Waals surface area (Å²) in [5.41, 5.74) is 8.58. The molecule has 1 atom stereocenters. The smallest absolute Gasteiger partial charge is 0.122 e. The quantitative estimate of drug-likeness (QED) is 0.870. The average Bonchev–Trinajstić information content (AvgIpc) is 2.49. The molecule has 0 bridgehead atoms. The molecule has 112 valence electrons. The van der Waals surface area contributed by atoms with E-state index in [1.807, 2.05) is 6.07 Å². The van der Waals surface area contributed by atoms with Gasteiger partial charge < -0.3 is 15.6 Å². The fraction of sp³-hybridized carbons (Fsp3) is 0.647. The van der Waals surface area contributed by atoms with Gasteiger partial charge in [-0.1, -0.05) is 17.7 Å². The Labute approximate surface area is 122 Å². The second-order valence-corrected chi connectivity index (χ2v) is 6.05. The summed E-state index contributed by atoms with van der Waals surface area (Å²) >= 11 is 0. The molecule has 1 aliphatic rings. The molecule has 1 saturated carbocycles. The van der Waals surface area contributed by atoms with Crippen molar-refractivity contribution in [1.29, 1.82) is 0 Å². The number of hydrogen-bond donors (Lipinski definition) is 2. The SMILES string of the molecule is COc1ccc(C)cc1C(CN)C1CCC(CO)CC1. The molecule has 0 radical (unpaired) electrons. The van der Waals surface area contributed by atoms with Gasteiger partial charge in [0.2, 0.25) is 0 Å². The minimum absolute atomic E-state index is 0.327. The monoisotopic (exact) mass is 277 g/mol. The Bertz CT molecular complexity index is 425. The molecule has 0 heterocycles. The molecule has 3 nitrogen and oxygen atoms in total. The Morgan fingerprint density at radius 3 is 2.55 bits per heavy atom. The minimum atomic E-state index is 0.327. The molecule has 3 heteroatoms. The van der Waals surface area contributed by atoms with Crippen molar-refractivity contribution < 1.29 is 9.84 Å². The summed E-state index contributed by atoms with van der Waals surface area (Å²) in [5.74, 6) is 2.42. The molecule has 1 aromatic carbocycles. The second-order valence-electron chi connectivity index (χ2n) is 6.05. The fourth-order valence-electron chi connectivity index (χ4n) is 3.49. The Kier molecular flexibility index (Phi) is 5.44. The molecule has 0 aliphatic heterocycles. The molecule has 1 unspecified atom stereocenters. The van der Waals surface area contributed by atoms with Gasteiger partial charge in [-0.15, -0.1) is 0 Å². The maximum Gasteiger partial charge on any atom is 0.122 e. The van der Waals surface area contributed by atoms with E-state index in [9.17, 15) is 5.11 Å². The maximum absolute atomic E-state index is 9.26. The van der Waals surface area contributed by atoms with Crippen LogP contribution in [0.1, 0.15) is 42.7 Å². The van der Waals surface area contributed by atoms with Crippen molar-refractivity contribution in [3.63, 3.8) is 0 Å². The zero-order chi connectivity index (χ0) is 14.5. The third kappa shape index (κ3) is 3.33. The van der Waals surface area contributed by atoms with Crippen LogP contribution in [0.15, 0.2) is 18.2 Å². The number of rotatable bonds is 5. The first kappa shape index (κ1) is 15.3. The third-order valence-corrected chi connectivity index (χ3v) is 4.76. The molecule has 0 aromatic heterocycles. The number of aliphatic hydroxyl groups excluding tert-OH is 1. The normalized spacial score (nSPS) is 24.4. The zero-order valence-electron chi connectivity index (χ0n) is 12.6. The van der Waals surface area contributed by atoms with Gasteiger partial charge >= 0.3 is 0 Å². The van der Waals surface area contributed by atoms with Gasteiger partial charge in [0.05, 0.1) is 7.11 Å². The van der Waals surface area contributed by atoms with E-state index < -0.39 is 0 Å². The van der Waals surface area contributed by atoms with Gasteiger partial charge in [-0.2, -0.15) is 0 Å². The number of aliphatic hydroxyl groups is 1. The molecule has 1 fully saturated rings. The highest BCUT2D eigenvalue weighted by Gasteiger charge is 2.29. The summed E-state index contributed by atoms with van der Waals surface area (Å²) in [6.45, 7) is 3.10. The lowest BCUT2D eigenvalue weighted by Crippen LogP contribution is -2.27. The van der Waals surface area contributed by atoms with Crippen LogP contribution in [0.5, 0.6) is 5.75 Å². The largest absolute Gasteiger partial charge is 0.496 e. The summed E-state index contributed by atoms with van der Waals surface area (Å²) in [4.78, 5) is 0. The molecular weight excluding hydrogens is 250 g/mol. The van der Waals surface area contributed by atoms with Gasteiger partial charge in [-0.25, -0.2) is 0 Å². The molecule has 2 rings (SSSR count). The standard InChI is InChI=1S/C17H27NO2/c1-12-3-8-17(20-2)15(9-12)16(10-18)14-6-4-13(11-19)5-7-14/h3,8-9,13-14,16,19H,4-7,10-11,18H2,1-2H3. The first-order chi connectivity index (χ1) is 9.69. The molecule has 0 saturated heterocycles. The average molecular weight is 277 g/mol. The summed E-state index contributed by atoms with van der Waals surface area (Å²) in [6, 6.07) is 6.35. The number of nitrogens with two attached hydrogens (primary N) is 1. The van der Waals surface area contributed by atoms with Gasteiger partial charge in [0.1, 0.15) is 5.75 Å². The van der Waals surface area contributed by atoms with Crippen molar-refractivity contribution >= 4 is 0 Å². The summed E-state index contributed by atoms with van der Waals surface area (Å²) in [5, 5.41) is 9.26. The zero-order valence-corrected chi connectivity index (χ0v) is 12.6. The third-order valence-electron chi connectivity index (χ3n) is 4.76. The van der Waals surface area contributed by atoms with Crippen molar-refractivity contribution in [3.05, 3.63) is 29.3 Å². The van der Waals surface area contributed by atoms with E-state index in [1.54, 1.807) is 7.11 Å². The lowest BCUT2D eigenvalue weighted by atomic mass is 9.73. The second kappa shape index (κ2) is 7.09. The van der Waals surface area contributed by atoms with Crippen molar-refractivity contribution in [2.45, 2.75) is 38.5 Å². The van der Waals surface area contributed by atoms with Crippen LogP contribution in [-0.4, -0.2) is 25.4 Å². The Balaban J connectivity index is 2.18. The minimum Gasteiger partial charge on any atom is -0.496 e. The molecule has 1 aromatic rings. The van der Waals surface area contributed by atoms with Crippen LogP contribution in [0.2, 0.25) is 0 Å². The van der Waals surface area contributed by atoms with Gasteiger partial charge in [0.25, 0.3) is 0 Å². The van der Waals surface area contributed by atoms with Gasteiger partial charge in [-0.3, -0.25) is 0 Å². The van der Waals surface area contributed by atoms with Crippen molar-refractivity contribution in [2.24, 2.45) is 17.6 Å². The highest BCUT2D eigenvalue weighted by Crippen LogP contribution is 2.40. The highest BCUT2D eigenvalue weighted by molar-refractivity contribution is 5.40. The number of benzene rings is 1. The Morgan fingerprint density at radius 1 is 1.30 bits per heavy atom. The Morgan fingerprint density at radius 2 is 2.00 bits per heavy atom. The summed E-state index contributed by atoms with van der Waals surface area (Å²) in [6.07, 6.45) is 4.55. The van der Waals surface area contributed by atoms with Crippen LogP contribution >= 0.6 is 0 Å². The number of ether oxygens (including phenoxy) is 1. The van der Waals surface area contributed by atoms with Crippen molar-refractivity contribution in [1.82, 2.24) is 0 Å². The summed E-state index contributed by atoms with van der Waals surface area (Å²) < 4.78 is 5.52. The maximum atomic E-state index is 9.26. The lowest BCUT2D eigenvalue weighted by Gasteiger charge is -2.33. The molecular formula is C17H27NO2. The molecule has 1 aliphatic carbocycles. The van der Waals surface area contributed by atoms with Crippen LogP contribution in [0.4, 0.5) is 0 Å². The molecule has 0 amide bonds. The van der Waals surface area contributed by atoms with Crippen LogP contribution in [0, 0.1) is 18.8 Å². The van der Waals surface area contributed by atoms with Crippen LogP contribution in [0.25, 0.3) is 0 Å². The van der Waals surface area contributed by atoms with E-state index >= 15 is 0 Å². The number of aryl methyl sites for hydroxylation is 1. The number of methoxy groups -OCH3 is 1. The first-order valence-electron chi connectivity index (χ1n) is 7.65. The van der Waals surface area contributed by atoms with Gasteiger partial charge in [0.15, 0.2) is 0 Å². The molecule has 3 N–H and O–H groups in total. The first-order valence-corrected chi connectivity index (χ1v) is 7.65. The number of hydrogen-bond acceptors (Lipinski definition) is 3. The predicted octanol–water partition coefficient (Wildman–Crippen LogP) is 2.84. The van der Waals surface area contributed by atoms with E-state index in [4.69, 9.17) is 10.5 Å². The van der Waals surface area contributed by atoms with E-state index in [-0.39, 0.29) is 0 Å². The van der Waals surface area contributed by atoms with E-state index in [2.05, 4.69) is 19.1 Å². The van der Waals surface area contributed by atoms with E-state index in [0.717, 1.165) is 31.4 Å². The van der Waals surface area contributed by atoms with E-state index in [1.165, 1.54) is 11.1 Å². The topological polar surface area (TPSA) is 55.5 Å². The lowest BCUT2D eigenvalue weighted by molar-refractivity contribution is 0.157. The van der Waals surface area contributed by atoms with Crippen molar-refractivity contribution in [2.75, 3.05) is 20.3 Å². The van der Waals surface area contributed by atoms with E-state index in [0.29, 0.717) is 30.9 Å². The Hall–Kier alpha value is -1.06. The van der Waals surface area contributed by atoms with Crippen LogP contribution in [-0.2, 0) is 0 Å². The fourth-order valence-corrected chi connectivity index (χ4v) is 3.49. The summed E-state index contributed by atoms with van der Waals surface area (Å²) in [7, 11) is 1.73. The van der Waals surface area contributed by atoms with Gasteiger partial charge in [-0.05, 0) is 62.6 Å². The molecule has 0 spiro atoms. The van der Waals surface area contributed by atoms with Crippen molar-refractivity contribution in [3.8, 4) is 5.75 Å². The van der Waals surface area contributed by atoms with Gasteiger partial charge in [0, 0.05) is 12.5 Å². The predicted molar refractivity (Wildman–Crippen MR) is 82.1 cm³/mol. The van der Waals surface area contributed by atoms with Crippen LogP contribution < -0.4 is 10.5 Å². The molecule has 20 heavy (non-hydrogen) atoms. The van der Waals surface area contributed by atoms with Crippen LogP contribution in [0.3, 0.4) is 0 Å². The highest BCUT2D eigenvalue weighted by atomic mass is 16.5.